The van der Waals surface area contributed by atoms with E-state index in [1.54, 1.807) is 18.2 Å². The molecule has 7 heteroatoms. The molecule has 2 aromatic rings. The SMILES string of the molecule is Cc1cccc(N2CCN(CC(=O)Nc3ccccc3S(C)(=O)=O)CC2)c1C. The summed E-state index contributed by atoms with van der Waals surface area (Å²) in [5.41, 5.74) is 4.17. The first-order valence-electron chi connectivity index (χ1n) is 9.38. The molecule has 1 heterocycles. The van der Waals surface area contributed by atoms with Gasteiger partial charge in [-0.3, -0.25) is 9.69 Å². The lowest BCUT2D eigenvalue weighted by atomic mass is 10.1. The van der Waals surface area contributed by atoms with Crippen molar-refractivity contribution in [2.75, 3.05) is 49.2 Å². The Labute approximate surface area is 167 Å². The van der Waals surface area contributed by atoms with Crippen molar-refractivity contribution in [3.63, 3.8) is 0 Å². The Hall–Kier alpha value is -2.38. The third kappa shape index (κ3) is 4.72. The van der Waals surface area contributed by atoms with Crippen LogP contribution in [0.4, 0.5) is 11.4 Å². The van der Waals surface area contributed by atoms with Crippen LogP contribution in [0.3, 0.4) is 0 Å². The average molecular weight is 402 g/mol. The minimum Gasteiger partial charge on any atom is -0.369 e. The first kappa shape index (κ1) is 20.4. The largest absolute Gasteiger partial charge is 0.369 e. The molecule has 0 unspecified atom stereocenters. The summed E-state index contributed by atoms with van der Waals surface area (Å²) in [5, 5.41) is 2.75. The summed E-state index contributed by atoms with van der Waals surface area (Å²) in [7, 11) is -3.39. The second-order valence-electron chi connectivity index (χ2n) is 7.30. The van der Waals surface area contributed by atoms with Crippen LogP contribution < -0.4 is 10.2 Å². The van der Waals surface area contributed by atoms with Crippen LogP contribution >= 0.6 is 0 Å². The van der Waals surface area contributed by atoms with Gasteiger partial charge in [-0.25, -0.2) is 8.42 Å². The second kappa shape index (κ2) is 8.32. The number of carbonyl (C=O) groups excluding carboxylic acids is 1. The summed E-state index contributed by atoms with van der Waals surface area (Å²) in [6, 6.07) is 12.8. The third-order valence-electron chi connectivity index (χ3n) is 5.22. The van der Waals surface area contributed by atoms with Crippen LogP contribution in [0.5, 0.6) is 0 Å². The first-order valence-corrected chi connectivity index (χ1v) is 11.3. The van der Waals surface area contributed by atoms with Crippen molar-refractivity contribution in [3.05, 3.63) is 53.6 Å². The van der Waals surface area contributed by atoms with Crippen LogP contribution in [-0.4, -0.2) is 58.2 Å². The molecule has 1 aliphatic rings. The Balaban J connectivity index is 1.58. The number of rotatable bonds is 5. The van der Waals surface area contributed by atoms with Gasteiger partial charge in [0, 0.05) is 38.1 Å². The van der Waals surface area contributed by atoms with E-state index >= 15 is 0 Å². The molecule has 2 aromatic carbocycles. The fourth-order valence-electron chi connectivity index (χ4n) is 3.51. The van der Waals surface area contributed by atoms with Crippen molar-refractivity contribution < 1.29 is 13.2 Å². The number of anilines is 2. The summed E-state index contributed by atoms with van der Waals surface area (Å²) >= 11 is 0. The molecule has 0 saturated carbocycles. The number of para-hydroxylation sites is 1. The smallest absolute Gasteiger partial charge is 0.238 e. The highest BCUT2D eigenvalue weighted by molar-refractivity contribution is 7.90. The maximum atomic E-state index is 12.4. The predicted molar refractivity (Wildman–Crippen MR) is 113 cm³/mol. The molecule has 0 aromatic heterocycles. The average Bonchev–Trinajstić information content (AvgIpc) is 2.64. The highest BCUT2D eigenvalue weighted by Gasteiger charge is 2.21. The van der Waals surface area contributed by atoms with Gasteiger partial charge in [0.1, 0.15) is 0 Å². The monoisotopic (exact) mass is 401 g/mol. The number of amides is 1. The number of piperazine rings is 1. The number of sulfone groups is 1. The van der Waals surface area contributed by atoms with Crippen LogP contribution in [0.25, 0.3) is 0 Å². The maximum absolute atomic E-state index is 12.4. The molecular weight excluding hydrogens is 374 g/mol. The Bertz CT molecular complexity index is 965. The van der Waals surface area contributed by atoms with Crippen molar-refractivity contribution in [2.24, 2.45) is 0 Å². The molecule has 3 rings (SSSR count). The van der Waals surface area contributed by atoms with Crippen molar-refractivity contribution in [2.45, 2.75) is 18.7 Å². The lowest BCUT2D eigenvalue weighted by molar-refractivity contribution is -0.117. The molecule has 0 aliphatic carbocycles. The third-order valence-corrected chi connectivity index (χ3v) is 6.37. The fraction of sp³-hybridized carbons (Fsp3) is 0.381. The van der Waals surface area contributed by atoms with Crippen molar-refractivity contribution >= 4 is 27.1 Å². The van der Waals surface area contributed by atoms with E-state index in [0.717, 1.165) is 32.4 Å². The van der Waals surface area contributed by atoms with E-state index in [9.17, 15) is 13.2 Å². The highest BCUT2D eigenvalue weighted by atomic mass is 32.2. The van der Waals surface area contributed by atoms with Crippen molar-refractivity contribution in [1.82, 2.24) is 4.90 Å². The van der Waals surface area contributed by atoms with E-state index in [-0.39, 0.29) is 17.3 Å². The second-order valence-corrected chi connectivity index (χ2v) is 9.28. The Morgan fingerprint density at radius 2 is 1.68 bits per heavy atom. The summed E-state index contributed by atoms with van der Waals surface area (Å²) in [4.78, 5) is 17.0. The van der Waals surface area contributed by atoms with Gasteiger partial charge < -0.3 is 10.2 Å². The zero-order chi connectivity index (χ0) is 20.3. The van der Waals surface area contributed by atoms with E-state index in [1.807, 2.05) is 0 Å². The molecular formula is C21H27N3O3S. The molecule has 0 atom stereocenters. The lowest BCUT2D eigenvalue weighted by Gasteiger charge is -2.36. The van der Waals surface area contributed by atoms with Gasteiger partial charge in [-0.15, -0.1) is 0 Å². The number of nitrogens with zero attached hydrogens (tertiary/aromatic N) is 2. The van der Waals surface area contributed by atoms with Crippen LogP contribution in [0.15, 0.2) is 47.4 Å². The molecule has 6 nitrogen and oxygen atoms in total. The number of benzene rings is 2. The van der Waals surface area contributed by atoms with Gasteiger partial charge in [0.15, 0.2) is 9.84 Å². The molecule has 1 amide bonds. The Kier molecular flexibility index (Phi) is 6.05. The number of hydrogen-bond donors (Lipinski definition) is 1. The minimum absolute atomic E-state index is 0.142. The van der Waals surface area contributed by atoms with Gasteiger partial charge in [0.2, 0.25) is 5.91 Å². The summed E-state index contributed by atoms with van der Waals surface area (Å²) < 4.78 is 23.8. The van der Waals surface area contributed by atoms with Gasteiger partial charge in [-0.1, -0.05) is 24.3 Å². The molecule has 0 radical (unpaired) electrons. The normalized spacial score (nSPS) is 15.5. The number of nitrogens with one attached hydrogen (secondary N) is 1. The molecule has 1 saturated heterocycles. The number of hydrogen-bond acceptors (Lipinski definition) is 5. The molecule has 150 valence electrons. The first-order chi connectivity index (χ1) is 13.3. The molecule has 0 bridgehead atoms. The summed E-state index contributed by atoms with van der Waals surface area (Å²) in [6.07, 6.45) is 1.14. The van der Waals surface area contributed by atoms with E-state index < -0.39 is 9.84 Å². The quantitative estimate of drug-likeness (QED) is 0.834. The van der Waals surface area contributed by atoms with Crippen molar-refractivity contribution in [3.8, 4) is 0 Å². The lowest BCUT2D eigenvalue weighted by Crippen LogP contribution is -2.48. The summed E-state index contributed by atoms with van der Waals surface area (Å²) in [5.74, 6) is -0.198. The van der Waals surface area contributed by atoms with Crippen LogP contribution in [0, 0.1) is 13.8 Å². The minimum atomic E-state index is -3.39. The van der Waals surface area contributed by atoms with Gasteiger partial charge in [0.25, 0.3) is 0 Å². The van der Waals surface area contributed by atoms with Crippen LogP contribution in [0.1, 0.15) is 11.1 Å². The highest BCUT2D eigenvalue weighted by Crippen LogP contribution is 2.24. The van der Waals surface area contributed by atoms with Crippen molar-refractivity contribution in [1.29, 1.82) is 0 Å². The Morgan fingerprint density at radius 3 is 2.36 bits per heavy atom. The van der Waals surface area contributed by atoms with E-state index in [2.05, 4.69) is 47.2 Å². The van der Waals surface area contributed by atoms with E-state index in [0.29, 0.717) is 5.69 Å². The Morgan fingerprint density at radius 1 is 1.00 bits per heavy atom. The van der Waals surface area contributed by atoms with Crippen LogP contribution in [-0.2, 0) is 14.6 Å². The van der Waals surface area contributed by atoms with E-state index in [4.69, 9.17) is 0 Å². The molecule has 28 heavy (non-hydrogen) atoms. The number of carbonyl (C=O) groups is 1. The molecule has 1 aliphatic heterocycles. The van der Waals surface area contributed by atoms with Gasteiger partial charge >= 0.3 is 0 Å². The topological polar surface area (TPSA) is 69.7 Å². The molecule has 0 spiro atoms. The predicted octanol–water partition coefficient (Wildman–Crippen LogP) is 2.47. The zero-order valence-electron chi connectivity index (χ0n) is 16.6. The summed E-state index contributed by atoms with van der Waals surface area (Å²) in [6.45, 7) is 7.80. The number of aryl methyl sites for hydroxylation is 1. The van der Waals surface area contributed by atoms with Gasteiger partial charge in [0.05, 0.1) is 17.1 Å². The maximum Gasteiger partial charge on any atom is 0.238 e. The van der Waals surface area contributed by atoms with Gasteiger partial charge in [-0.05, 0) is 43.2 Å². The molecule has 1 fully saturated rings. The fourth-order valence-corrected chi connectivity index (χ4v) is 4.36. The van der Waals surface area contributed by atoms with Gasteiger partial charge in [-0.2, -0.15) is 0 Å². The van der Waals surface area contributed by atoms with Crippen LogP contribution in [0.2, 0.25) is 0 Å². The standard InChI is InChI=1S/C21H27N3O3S/c1-16-7-6-9-19(17(16)2)24-13-11-23(12-14-24)15-21(25)22-18-8-4-5-10-20(18)28(3,26)27/h4-10H,11-15H2,1-3H3,(H,22,25). The molecule has 1 N–H and O–H groups in total. The zero-order valence-corrected chi connectivity index (χ0v) is 17.4. The van der Waals surface area contributed by atoms with E-state index in [1.165, 1.54) is 22.9 Å².